The highest BCUT2D eigenvalue weighted by Gasteiger charge is 2.26. The van der Waals surface area contributed by atoms with Crippen molar-refractivity contribution in [2.24, 2.45) is 5.92 Å². The van der Waals surface area contributed by atoms with Gasteiger partial charge in [0, 0.05) is 37.4 Å². The lowest BCUT2D eigenvalue weighted by atomic mass is 9.96. The van der Waals surface area contributed by atoms with Gasteiger partial charge in [0.2, 0.25) is 11.9 Å². The average molecular weight is 362 g/mol. The lowest BCUT2D eigenvalue weighted by molar-refractivity contribution is -0.126. The van der Waals surface area contributed by atoms with Gasteiger partial charge in [0.25, 0.3) is 0 Å². The van der Waals surface area contributed by atoms with Crippen molar-refractivity contribution in [2.75, 3.05) is 31.1 Å². The topological polar surface area (TPSA) is 70.2 Å². The molecule has 1 atom stereocenters. The van der Waals surface area contributed by atoms with Crippen molar-refractivity contribution in [3.8, 4) is 0 Å². The molecule has 2 aliphatic rings. The second-order valence-corrected chi connectivity index (χ2v) is 5.87. The number of aromatic nitrogens is 2. The van der Waals surface area contributed by atoms with E-state index in [9.17, 15) is 4.79 Å². The predicted octanol–water partition coefficient (Wildman–Crippen LogP) is 1.40. The Morgan fingerprint density at radius 3 is 2.57 bits per heavy atom. The molecule has 0 bridgehead atoms. The van der Waals surface area contributed by atoms with E-state index >= 15 is 0 Å². The van der Waals surface area contributed by atoms with Gasteiger partial charge in [0.1, 0.15) is 0 Å². The number of nitrogens with one attached hydrogen (secondary N) is 2. The van der Waals surface area contributed by atoms with E-state index in [1.807, 2.05) is 6.07 Å². The summed E-state index contributed by atoms with van der Waals surface area (Å²) in [5.41, 5.74) is 0. The molecule has 2 fully saturated rings. The van der Waals surface area contributed by atoms with Crippen LogP contribution in [0.3, 0.4) is 0 Å². The van der Waals surface area contributed by atoms with Crippen molar-refractivity contribution in [1.82, 2.24) is 20.6 Å². The molecule has 8 heteroatoms. The quantitative estimate of drug-likeness (QED) is 0.851. The number of rotatable bonds is 3. The Kier molecular flexibility index (Phi) is 8.58. The van der Waals surface area contributed by atoms with E-state index in [0.29, 0.717) is 0 Å². The van der Waals surface area contributed by atoms with Crippen LogP contribution in [0.25, 0.3) is 0 Å². The first-order valence-electron chi connectivity index (χ1n) is 7.86. The number of hydrogen-bond donors (Lipinski definition) is 2. The van der Waals surface area contributed by atoms with Crippen molar-refractivity contribution >= 4 is 36.7 Å². The predicted molar refractivity (Wildman–Crippen MR) is 95.5 cm³/mol. The number of piperidine rings is 2. The SMILES string of the molecule is Cl.Cl.O=C(NC1CCCN(c2ncccn2)C1)C1CCNCC1. The molecular weight excluding hydrogens is 337 g/mol. The van der Waals surface area contributed by atoms with Crippen molar-refractivity contribution in [3.63, 3.8) is 0 Å². The normalized spacial score (nSPS) is 21.7. The van der Waals surface area contributed by atoms with Crippen LogP contribution in [-0.4, -0.2) is 48.1 Å². The standard InChI is InChI=1S/C15H23N5O.2ClH/c21-14(12-4-8-16-9-5-12)19-13-3-1-10-20(11-13)15-17-6-2-7-18-15;;/h2,6-7,12-13,16H,1,3-5,8-11H2,(H,19,21);2*1H. The number of carbonyl (C=O) groups is 1. The Morgan fingerprint density at radius 1 is 1.17 bits per heavy atom. The summed E-state index contributed by atoms with van der Waals surface area (Å²) in [5, 5.41) is 6.52. The summed E-state index contributed by atoms with van der Waals surface area (Å²) in [6.07, 6.45) is 7.53. The van der Waals surface area contributed by atoms with Crippen LogP contribution < -0.4 is 15.5 Å². The molecule has 0 saturated carbocycles. The highest BCUT2D eigenvalue weighted by molar-refractivity contribution is 5.85. The molecule has 23 heavy (non-hydrogen) atoms. The molecule has 0 radical (unpaired) electrons. The van der Waals surface area contributed by atoms with Gasteiger partial charge in [-0.1, -0.05) is 0 Å². The van der Waals surface area contributed by atoms with Gasteiger partial charge in [-0.15, -0.1) is 24.8 Å². The molecule has 2 saturated heterocycles. The molecule has 2 aliphatic heterocycles. The van der Waals surface area contributed by atoms with Crippen LogP contribution in [0.1, 0.15) is 25.7 Å². The summed E-state index contributed by atoms with van der Waals surface area (Å²) < 4.78 is 0. The molecule has 1 amide bonds. The van der Waals surface area contributed by atoms with Gasteiger partial charge in [0.15, 0.2) is 0 Å². The van der Waals surface area contributed by atoms with Crippen LogP contribution in [0.2, 0.25) is 0 Å². The van der Waals surface area contributed by atoms with Crippen molar-refractivity contribution in [1.29, 1.82) is 0 Å². The van der Waals surface area contributed by atoms with Gasteiger partial charge in [-0.05, 0) is 44.8 Å². The zero-order valence-corrected chi connectivity index (χ0v) is 14.7. The molecule has 0 spiro atoms. The van der Waals surface area contributed by atoms with E-state index in [1.54, 1.807) is 12.4 Å². The largest absolute Gasteiger partial charge is 0.351 e. The third-order valence-corrected chi connectivity index (χ3v) is 4.31. The van der Waals surface area contributed by atoms with Crippen LogP contribution in [0.15, 0.2) is 18.5 Å². The number of hydrogen-bond acceptors (Lipinski definition) is 5. The Hall–Kier alpha value is -1.11. The molecule has 3 heterocycles. The van der Waals surface area contributed by atoms with E-state index in [4.69, 9.17) is 0 Å². The number of nitrogens with zero attached hydrogens (tertiary/aromatic N) is 3. The molecule has 0 aliphatic carbocycles. The van der Waals surface area contributed by atoms with E-state index < -0.39 is 0 Å². The first-order valence-corrected chi connectivity index (χ1v) is 7.86. The van der Waals surface area contributed by atoms with Gasteiger partial charge >= 0.3 is 0 Å². The summed E-state index contributed by atoms with van der Waals surface area (Å²) in [7, 11) is 0. The van der Waals surface area contributed by atoms with Crippen molar-refractivity contribution in [2.45, 2.75) is 31.7 Å². The summed E-state index contributed by atoms with van der Waals surface area (Å²) in [6.45, 7) is 3.67. The fourth-order valence-electron chi connectivity index (χ4n) is 3.13. The van der Waals surface area contributed by atoms with Crippen LogP contribution >= 0.6 is 24.8 Å². The Labute approximate surface area is 149 Å². The number of anilines is 1. The van der Waals surface area contributed by atoms with Crippen molar-refractivity contribution in [3.05, 3.63) is 18.5 Å². The molecule has 2 N–H and O–H groups in total. The van der Waals surface area contributed by atoms with E-state index in [-0.39, 0.29) is 42.7 Å². The average Bonchev–Trinajstić information content (AvgIpc) is 2.57. The first kappa shape index (κ1) is 19.9. The smallest absolute Gasteiger partial charge is 0.225 e. The maximum absolute atomic E-state index is 12.3. The molecule has 1 unspecified atom stereocenters. The minimum Gasteiger partial charge on any atom is -0.351 e. The Balaban J connectivity index is 0.00000132. The molecule has 3 rings (SSSR count). The Bertz CT molecular complexity index is 470. The second-order valence-electron chi connectivity index (χ2n) is 5.87. The van der Waals surface area contributed by atoms with Gasteiger partial charge in [0.05, 0.1) is 0 Å². The third kappa shape index (κ3) is 5.48. The van der Waals surface area contributed by atoms with Crippen LogP contribution in [-0.2, 0) is 4.79 Å². The van der Waals surface area contributed by atoms with E-state index in [2.05, 4.69) is 25.5 Å². The zero-order chi connectivity index (χ0) is 14.5. The fourth-order valence-corrected chi connectivity index (χ4v) is 3.13. The maximum atomic E-state index is 12.3. The molecule has 0 aromatic carbocycles. The monoisotopic (exact) mass is 361 g/mol. The highest BCUT2D eigenvalue weighted by atomic mass is 35.5. The maximum Gasteiger partial charge on any atom is 0.225 e. The van der Waals surface area contributed by atoms with Crippen LogP contribution in [0.4, 0.5) is 5.95 Å². The number of halogens is 2. The number of amides is 1. The summed E-state index contributed by atoms with van der Waals surface area (Å²) in [4.78, 5) is 23.1. The van der Waals surface area contributed by atoms with Gasteiger partial charge < -0.3 is 15.5 Å². The minimum absolute atomic E-state index is 0. The summed E-state index contributed by atoms with van der Waals surface area (Å²) >= 11 is 0. The van der Waals surface area contributed by atoms with E-state index in [1.165, 1.54) is 0 Å². The van der Waals surface area contributed by atoms with Gasteiger partial charge in [-0.2, -0.15) is 0 Å². The number of carbonyl (C=O) groups excluding carboxylic acids is 1. The molecule has 1 aromatic heterocycles. The summed E-state index contributed by atoms with van der Waals surface area (Å²) in [5.74, 6) is 1.16. The van der Waals surface area contributed by atoms with Gasteiger partial charge in [-0.3, -0.25) is 4.79 Å². The first-order chi connectivity index (χ1) is 10.3. The molecule has 130 valence electrons. The van der Waals surface area contributed by atoms with Crippen LogP contribution in [0.5, 0.6) is 0 Å². The zero-order valence-electron chi connectivity index (χ0n) is 13.1. The Morgan fingerprint density at radius 2 is 1.87 bits per heavy atom. The minimum atomic E-state index is 0. The van der Waals surface area contributed by atoms with E-state index in [0.717, 1.165) is 57.8 Å². The van der Waals surface area contributed by atoms with Crippen molar-refractivity contribution < 1.29 is 4.79 Å². The molecule has 6 nitrogen and oxygen atoms in total. The lowest BCUT2D eigenvalue weighted by Gasteiger charge is -2.34. The highest BCUT2D eigenvalue weighted by Crippen LogP contribution is 2.17. The lowest BCUT2D eigenvalue weighted by Crippen LogP contribution is -2.50. The van der Waals surface area contributed by atoms with Crippen LogP contribution in [0, 0.1) is 5.92 Å². The third-order valence-electron chi connectivity index (χ3n) is 4.31. The molecule has 1 aromatic rings. The second kappa shape index (κ2) is 9.90. The van der Waals surface area contributed by atoms with Gasteiger partial charge in [-0.25, -0.2) is 9.97 Å². The molecular formula is C15H25Cl2N5O. The summed E-state index contributed by atoms with van der Waals surface area (Å²) in [6, 6.07) is 2.04. The fraction of sp³-hybridized carbons (Fsp3) is 0.667.